The van der Waals surface area contributed by atoms with Gasteiger partial charge in [0.1, 0.15) is 11.4 Å². The zero-order valence-corrected chi connectivity index (χ0v) is 15.2. The molecular weight excluding hydrogens is 280 g/mol. The first kappa shape index (κ1) is 15.3. The van der Waals surface area contributed by atoms with E-state index in [0.29, 0.717) is 5.92 Å². The average Bonchev–Trinajstić information content (AvgIpc) is 2.44. The van der Waals surface area contributed by atoms with Crippen molar-refractivity contribution in [2.45, 2.75) is 83.7 Å². The van der Waals surface area contributed by atoms with Crippen molar-refractivity contribution in [1.29, 1.82) is 0 Å². The summed E-state index contributed by atoms with van der Waals surface area (Å²) >= 11 is 0. The first-order valence-corrected chi connectivity index (χ1v) is 9.50. The summed E-state index contributed by atoms with van der Waals surface area (Å²) in [7, 11) is 0. The molecule has 3 aliphatic rings. The van der Waals surface area contributed by atoms with E-state index in [4.69, 9.17) is 4.74 Å². The Morgan fingerprint density at radius 2 is 2.04 bits per heavy atom. The second kappa shape index (κ2) is 5.13. The van der Waals surface area contributed by atoms with Gasteiger partial charge in [-0.25, -0.2) is 0 Å². The fourth-order valence-corrected chi connectivity index (χ4v) is 5.49. The van der Waals surface area contributed by atoms with Crippen LogP contribution in [-0.4, -0.2) is 5.60 Å². The predicted octanol–water partition coefficient (Wildman–Crippen LogP) is 5.74. The molecule has 23 heavy (non-hydrogen) atoms. The van der Waals surface area contributed by atoms with Crippen molar-refractivity contribution < 1.29 is 4.74 Å². The molecule has 1 heteroatoms. The molecule has 1 aliphatic heterocycles. The van der Waals surface area contributed by atoms with E-state index >= 15 is 0 Å². The SMILES string of the molecule is CCCCCc1cc2c3c(c1)OC(C)(C)[C@@H]1CCC(C)=C[C@@]31C2. The van der Waals surface area contributed by atoms with Crippen molar-refractivity contribution in [3.63, 3.8) is 0 Å². The lowest BCUT2D eigenvalue weighted by Crippen LogP contribution is -2.59. The lowest BCUT2D eigenvalue weighted by molar-refractivity contribution is -0.0280. The molecule has 0 N–H and O–H groups in total. The van der Waals surface area contributed by atoms with Crippen LogP contribution < -0.4 is 4.74 Å². The first-order valence-electron chi connectivity index (χ1n) is 9.50. The Labute approximate surface area is 141 Å². The molecule has 0 saturated carbocycles. The maximum absolute atomic E-state index is 6.55. The minimum absolute atomic E-state index is 0.0517. The number of hydrogen-bond donors (Lipinski definition) is 0. The Balaban J connectivity index is 1.75. The number of unbranched alkanes of at least 4 members (excludes halogenated alkanes) is 2. The van der Waals surface area contributed by atoms with Gasteiger partial charge >= 0.3 is 0 Å². The van der Waals surface area contributed by atoms with Crippen molar-refractivity contribution in [3.05, 3.63) is 40.5 Å². The largest absolute Gasteiger partial charge is 0.487 e. The Morgan fingerprint density at radius 1 is 1.22 bits per heavy atom. The Kier molecular flexibility index (Phi) is 3.41. The third kappa shape index (κ3) is 2.19. The second-order valence-electron chi connectivity index (χ2n) is 8.59. The highest BCUT2D eigenvalue weighted by atomic mass is 16.5. The van der Waals surface area contributed by atoms with E-state index in [-0.39, 0.29) is 11.0 Å². The quantitative estimate of drug-likeness (QED) is 0.509. The topological polar surface area (TPSA) is 9.23 Å². The molecule has 1 spiro atoms. The van der Waals surface area contributed by atoms with Gasteiger partial charge in [-0.15, -0.1) is 0 Å². The van der Waals surface area contributed by atoms with Gasteiger partial charge in [0.2, 0.25) is 0 Å². The van der Waals surface area contributed by atoms with E-state index in [1.807, 2.05) is 0 Å². The van der Waals surface area contributed by atoms with Crippen molar-refractivity contribution >= 4 is 0 Å². The Morgan fingerprint density at radius 3 is 2.83 bits per heavy atom. The van der Waals surface area contributed by atoms with Gasteiger partial charge in [0.05, 0.1) is 0 Å². The Hall–Kier alpha value is -1.24. The van der Waals surface area contributed by atoms with E-state index in [1.165, 1.54) is 61.8 Å². The van der Waals surface area contributed by atoms with Crippen LogP contribution in [0.25, 0.3) is 0 Å². The van der Waals surface area contributed by atoms with E-state index in [0.717, 1.165) is 0 Å². The number of allylic oxidation sites excluding steroid dienone is 2. The van der Waals surface area contributed by atoms with Gasteiger partial charge in [-0.3, -0.25) is 0 Å². The van der Waals surface area contributed by atoms with Crippen molar-refractivity contribution in [1.82, 2.24) is 0 Å². The minimum atomic E-state index is -0.0517. The molecule has 2 aliphatic carbocycles. The second-order valence-corrected chi connectivity index (χ2v) is 8.59. The highest BCUT2D eigenvalue weighted by Crippen LogP contribution is 2.62. The van der Waals surface area contributed by atoms with E-state index < -0.39 is 0 Å². The fraction of sp³-hybridized carbons (Fsp3) is 0.636. The third-order valence-electron chi connectivity index (χ3n) is 6.43. The van der Waals surface area contributed by atoms with Gasteiger partial charge in [-0.2, -0.15) is 0 Å². The molecule has 4 rings (SSSR count). The predicted molar refractivity (Wildman–Crippen MR) is 96.2 cm³/mol. The molecule has 1 aromatic rings. The molecule has 124 valence electrons. The highest BCUT2D eigenvalue weighted by molar-refractivity contribution is 5.62. The lowest BCUT2D eigenvalue weighted by Gasteiger charge is -2.59. The molecule has 0 bridgehead atoms. The number of benzene rings is 1. The molecule has 1 aromatic carbocycles. The molecule has 1 nitrogen and oxygen atoms in total. The van der Waals surface area contributed by atoms with Crippen molar-refractivity contribution in [2.75, 3.05) is 0 Å². The van der Waals surface area contributed by atoms with Crippen LogP contribution in [0.3, 0.4) is 0 Å². The molecule has 0 amide bonds. The van der Waals surface area contributed by atoms with Crippen LogP contribution >= 0.6 is 0 Å². The third-order valence-corrected chi connectivity index (χ3v) is 6.43. The molecule has 0 unspecified atom stereocenters. The number of rotatable bonds is 4. The van der Waals surface area contributed by atoms with Gasteiger partial charge in [-0.05, 0) is 70.1 Å². The molecule has 2 atom stereocenters. The summed E-state index contributed by atoms with van der Waals surface area (Å²) in [6.45, 7) is 9.19. The molecule has 0 aromatic heterocycles. The maximum Gasteiger partial charge on any atom is 0.124 e. The van der Waals surface area contributed by atoms with Gasteiger partial charge in [-0.1, -0.05) is 37.5 Å². The summed E-state index contributed by atoms with van der Waals surface area (Å²) in [5, 5.41) is 0. The maximum atomic E-state index is 6.55. The van der Waals surface area contributed by atoms with E-state index in [1.54, 1.807) is 11.1 Å². The van der Waals surface area contributed by atoms with Crippen LogP contribution in [0, 0.1) is 5.92 Å². The van der Waals surface area contributed by atoms with Crippen LogP contribution in [-0.2, 0) is 18.3 Å². The standard InChI is InChI=1S/C22H30O/c1-5-6-7-8-16-11-17-14-22-13-15(2)9-10-19(22)21(3,4)23-18(12-16)20(17)22/h11-13,19H,5-10,14H2,1-4H3/t19-,22-/m0/s1. The monoisotopic (exact) mass is 310 g/mol. The molecule has 0 radical (unpaired) electrons. The van der Waals surface area contributed by atoms with Crippen LogP contribution in [0.5, 0.6) is 5.75 Å². The van der Waals surface area contributed by atoms with Gasteiger partial charge in [0.25, 0.3) is 0 Å². The average molecular weight is 310 g/mol. The smallest absolute Gasteiger partial charge is 0.124 e. The number of aryl methyl sites for hydroxylation is 1. The summed E-state index contributed by atoms with van der Waals surface area (Å²) in [5.74, 6) is 1.82. The lowest BCUT2D eigenvalue weighted by atomic mass is 9.49. The fourth-order valence-electron chi connectivity index (χ4n) is 5.49. The minimum Gasteiger partial charge on any atom is -0.487 e. The summed E-state index contributed by atoms with van der Waals surface area (Å²) in [5.41, 5.74) is 6.36. The van der Waals surface area contributed by atoms with Crippen LogP contribution in [0.1, 0.15) is 76.5 Å². The molecular formula is C22H30O. The van der Waals surface area contributed by atoms with Gasteiger partial charge < -0.3 is 4.74 Å². The van der Waals surface area contributed by atoms with Crippen LogP contribution in [0.4, 0.5) is 0 Å². The summed E-state index contributed by atoms with van der Waals surface area (Å²) in [6, 6.07) is 4.82. The van der Waals surface area contributed by atoms with E-state index in [9.17, 15) is 0 Å². The van der Waals surface area contributed by atoms with E-state index in [2.05, 4.69) is 45.9 Å². The zero-order chi connectivity index (χ0) is 16.2. The summed E-state index contributed by atoms with van der Waals surface area (Å²) < 4.78 is 6.55. The molecule has 1 heterocycles. The summed E-state index contributed by atoms with van der Waals surface area (Å²) in [4.78, 5) is 0. The van der Waals surface area contributed by atoms with Crippen LogP contribution in [0.2, 0.25) is 0 Å². The number of hydrogen-bond acceptors (Lipinski definition) is 1. The highest BCUT2D eigenvalue weighted by Gasteiger charge is 2.58. The van der Waals surface area contributed by atoms with Gasteiger partial charge in [0, 0.05) is 16.9 Å². The van der Waals surface area contributed by atoms with Crippen molar-refractivity contribution in [3.8, 4) is 5.75 Å². The molecule has 0 fully saturated rings. The normalized spacial score (nSPS) is 29.7. The van der Waals surface area contributed by atoms with Crippen molar-refractivity contribution in [2.24, 2.45) is 5.92 Å². The zero-order valence-electron chi connectivity index (χ0n) is 15.2. The summed E-state index contributed by atoms with van der Waals surface area (Å²) in [6.07, 6.45) is 11.4. The van der Waals surface area contributed by atoms with Gasteiger partial charge in [0.15, 0.2) is 0 Å². The first-order chi connectivity index (χ1) is 11.0. The molecule has 0 saturated heterocycles. The Bertz CT molecular complexity index is 667. The van der Waals surface area contributed by atoms with Crippen LogP contribution in [0.15, 0.2) is 23.8 Å². The number of ether oxygens (including phenoxy) is 1.